The number of benzene rings is 4. The number of ketones is 2. The van der Waals surface area contributed by atoms with Gasteiger partial charge in [-0.15, -0.1) is 0 Å². The molecule has 1 aromatic heterocycles. The SMILES string of the molecule is CC(=O)c1ccc(-c2ccc3c(c2)/C(=C\N)c2nc4c(nc2-3)C(=NC#N)c2cc(-c3ccc(C(=O)C(F)(F)F)cc3)ccc2-4)cc1. The van der Waals surface area contributed by atoms with Gasteiger partial charge in [0.25, 0.3) is 5.78 Å². The Bertz CT molecular complexity index is 2240. The molecule has 0 unspecified atom stereocenters. The van der Waals surface area contributed by atoms with Crippen molar-refractivity contribution in [3.63, 3.8) is 0 Å². The first-order valence-corrected chi connectivity index (χ1v) is 14.0. The van der Waals surface area contributed by atoms with Crippen molar-refractivity contribution in [3.8, 4) is 51.0 Å². The minimum atomic E-state index is -4.96. The van der Waals surface area contributed by atoms with Gasteiger partial charge in [0, 0.05) is 39.6 Å². The van der Waals surface area contributed by atoms with Crippen LogP contribution in [0.3, 0.4) is 0 Å². The van der Waals surface area contributed by atoms with Crippen LogP contribution in [-0.4, -0.2) is 33.4 Å². The number of rotatable bonds is 4. The summed E-state index contributed by atoms with van der Waals surface area (Å²) < 4.78 is 38.6. The zero-order valence-electron chi connectivity index (χ0n) is 24.0. The number of carbonyl (C=O) groups excluding carboxylic acids is 2. The van der Waals surface area contributed by atoms with Gasteiger partial charge < -0.3 is 5.73 Å². The Morgan fingerprint density at radius 3 is 1.76 bits per heavy atom. The number of aliphatic imine (C=N–C) groups is 1. The number of nitrogens with zero attached hydrogens (tertiary/aromatic N) is 4. The first-order valence-electron chi connectivity index (χ1n) is 14.0. The maximum Gasteiger partial charge on any atom is 0.454 e. The van der Waals surface area contributed by atoms with Crippen molar-refractivity contribution in [1.82, 2.24) is 9.97 Å². The van der Waals surface area contributed by atoms with E-state index in [1.807, 2.05) is 36.5 Å². The standard InChI is InChI=1S/C36H20F3N5O2/c1-18(45)19-2-4-20(5-3-19)23-10-12-25-27(14-23)29(16-40)33-31(25)44-34-30(42-17-41)28-15-24(11-13-26(28)32(34)43-33)21-6-8-22(9-7-21)35(46)36(37,38)39/h2-16H,40H2,1H3/b29-16+,42-30?. The second kappa shape index (κ2) is 10.5. The lowest BCUT2D eigenvalue weighted by Gasteiger charge is -2.08. The number of carbonyl (C=O) groups is 2. The van der Waals surface area contributed by atoms with Gasteiger partial charge in [0.15, 0.2) is 5.78 Å². The lowest BCUT2D eigenvalue weighted by molar-refractivity contribution is -0.0885. The highest BCUT2D eigenvalue weighted by Crippen LogP contribution is 2.47. The number of alkyl halides is 3. The van der Waals surface area contributed by atoms with E-state index in [0.717, 1.165) is 34.4 Å². The van der Waals surface area contributed by atoms with Crippen LogP contribution in [0, 0.1) is 11.5 Å². The van der Waals surface area contributed by atoms with E-state index in [2.05, 4.69) is 4.99 Å². The number of halogens is 3. The van der Waals surface area contributed by atoms with Crippen LogP contribution in [0.4, 0.5) is 13.2 Å². The number of nitrogens with two attached hydrogens (primary N) is 1. The van der Waals surface area contributed by atoms with E-state index in [-0.39, 0.29) is 5.78 Å². The highest BCUT2D eigenvalue weighted by atomic mass is 19.4. The van der Waals surface area contributed by atoms with Crippen LogP contribution in [-0.2, 0) is 0 Å². The number of hydrogen-bond donors (Lipinski definition) is 1. The molecule has 0 bridgehead atoms. The van der Waals surface area contributed by atoms with E-state index in [4.69, 9.17) is 15.7 Å². The second-order valence-corrected chi connectivity index (χ2v) is 10.8. The molecular weight excluding hydrogens is 591 g/mol. The fraction of sp³-hybridized carbons (Fsp3) is 0.0556. The smallest absolute Gasteiger partial charge is 0.404 e. The lowest BCUT2D eigenvalue weighted by Crippen LogP contribution is -2.22. The summed E-state index contributed by atoms with van der Waals surface area (Å²) >= 11 is 0. The Morgan fingerprint density at radius 1 is 0.717 bits per heavy atom. The van der Waals surface area contributed by atoms with Crippen molar-refractivity contribution in [2.75, 3.05) is 0 Å². The predicted molar refractivity (Wildman–Crippen MR) is 167 cm³/mol. The third kappa shape index (κ3) is 4.49. The summed E-state index contributed by atoms with van der Waals surface area (Å²) in [7, 11) is 0. The average Bonchev–Trinajstić information content (AvgIpc) is 3.53. The normalized spacial score (nSPS) is 14.4. The Morgan fingerprint density at radius 2 is 1.22 bits per heavy atom. The quantitative estimate of drug-likeness (QED) is 0.164. The molecule has 0 aliphatic heterocycles. The van der Waals surface area contributed by atoms with E-state index in [1.165, 1.54) is 25.3 Å². The summed E-state index contributed by atoms with van der Waals surface area (Å²) in [4.78, 5) is 37.4. The van der Waals surface area contributed by atoms with E-state index < -0.39 is 17.5 Å². The fourth-order valence-electron chi connectivity index (χ4n) is 5.91. The number of nitriles is 1. The Balaban J connectivity index is 1.28. The van der Waals surface area contributed by atoms with Crippen molar-refractivity contribution in [2.45, 2.75) is 13.1 Å². The van der Waals surface area contributed by atoms with Crippen LogP contribution >= 0.6 is 0 Å². The Hall–Kier alpha value is -6.21. The van der Waals surface area contributed by atoms with Gasteiger partial charge >= 0.3 is 6.18 Å². The molecule has 2 aliphatic carbocycles. The third-order valence-electron chi connectivity index (χ3n) is 8.16. The maximum atomic E-state index is 12.9. The highest BCUT2D eigenvalue weighted by Gasteiger charge is 2.39. The van der Waals surface area contributed by atoms with Crippen molar-refractivity contribution in [2.24, 2.45) is 10.7 Å². The van der Waals surface area contributed by atoms with Crippen molar-refractivity contribution in [3.05, 3.63) is 125 Å². The summed E-state index contributed by atoms with van der Waals surface area (Å²) in [5.41, 5.74) is 15.5. The van der Waals surface area contributed by atoms with E-state index >= 15 is 0 Å². The van der Waals surface area contributed by atoms with Gasteiger partial charge in [-0.2, -0.15) is 23.4 Å². The molecule has 7 rings (SSSR count). The van der Waals surface area contributed by atoms with E-state index in [0.29, 0.717) is 61.9 Å². The molecule has 46 heavy (non-hydrogen) atoms. The largest absolute Gasteiger partial charge is 0.454 e. The van der Waals surface area contributed by atoms with Gasteiger partial charge in [-0.3, -0.25) is 9.59 Å². The third-order valence-corrected chi connectivity index (χ3v) is 8.16. The molecule has 2 aliphatic rings. The number of Topliss-reactive ketones (excluding diaryl/α,β-unsaturated/α-hetero) is 2. The number of aromatic nitrogens is 2. The van der Waals surface area contributed by atoms with Crippen LogP contribution in [0.15, 0.2) is 96.1 Å². The molecular formula is C36H20F3N5O2. The fourth-order valence-corrected chi connectivity index (χ4v) is 5.91. The Labute approximate surface area is 260 Å². The number of hydrogen-bond acceptors (Lipinski definition) is 7. The molecule has 0 radical (unpaired) electrons. The molecule has 0 fully saturated rings. The van der Waals surface area contributed by atoms with Gasteiger partial charge in [-0.05, 0) is 46.9 Å². The molecule has 2 N–H and O–H groups in total. The molecule has 0 atom stereocenters. The summed E-state index contributed by atoms with van der Waals surface area (Å²) in [6, 6.07) is 23.8. The second-order valence-electron chi connectivity index (χ2n) is 10.8. The van der Waals surface area contributed by atoms with Crippen LogP contribution < -0.4 is 5.73 Å². The summed E-state index contributed by atoms with van der Waals surface area (Å²) in [6.45, 7) is 1.52. The first-order chi connectivity index (χ1) is 22.1. The molecule has 7 nitrogen and oxygen atoms in total. The lowest BCUT2D eigenvalue weighted by atomic mass is 9.97. The summed E-state index contributed by atoms with van der Waals surface area (Å²) in [5.74, 6) is -1.92. The molecule has 10 heteroatoms. The van der Waals surface area contributed by atoms with Crippen molar-refractivity contribution in [1.29, 1.82) is 5.26 Å². The summed E-state index contributed by atoms with van der Waals surface area (Å²) in [6.07, 6.45) is -1.62. The number of fused-ring (bicyclic) bond motifs is 6. The predicted octanol–water partition coefficient (Wildman–Crippen LogP) is 7.39. The molecule has 0 spiro atoms. The molecule has 0 saturated carbocycles. The molecule has 222 valence electrons. The molecule has 0 amide bonds. The van der Waals surface area contributed by atoms with E-state index in [1.54, 1.807) is 30.3 Å². The highest BCUT2D eigenvalue weighted by molar-refractivity contribution is 6.24. The minimum absolute atomic E-state index is 0.0113. The van der Waals surface area contributed by atoms with Crippen molar-refractivity contribution < 1.29 is 22.8 Å². The monoisotopic (exact) mass is 611 g/mol. The zero-order chi connectivity index (χ0) is 32.3. The molecule has 4 aromatic carbocycles. The Kier molecular flexibility index (Phi) is 6.49. The molecule has 5 aromatic rings. The minimum Gasteiger partial charge on any atom is -0.404 e. The zero-order valence-corrected chi connectivity index (χ0v) is 24.0. The van der Waals surface area contributed by atoms with Gasteiger partial charge in [-0.1, -0.05) is 72.8 Å². The van der Waals surface area contributed by atoms with Crippen LogP contribution in [0.25, 0.3) is 50.3 Å². The van der Waals surface area contributed by atoms with Gasteiger partial charge in [0.2, 0.25) is 6.19 Å². The topological polar surface area (TPSA) is 122 Å². The van der Waals surface area contributed by atoms with Crippen molar-refractivity contribution >= 4 is 22.9 Å². The molecule has 1 heterocycles. The van der Waals surface area contributed by atoms with Crippen LogP contribution in [0.2, 0.25) is 0 Å². The van der Waals surface area contributed by atoms with Crippen LogP contribution in [0.1, 0.15) is 50.2 Å². The van der Waals surface area contributed by atoms with Gasteiger partial charge in [-0.25, -0.2) is 9.97 Å². The van der Waals surface area contributed by atoms with Gasteiger partial charge in [0.05, 0.1) is 17.1 Å². The van der Waals surface area contributed by atoms with Gasteiger partial charge in [0.1, 0.15) is 11.4 Å². The summed E-state index contributed by atoms with van der Waals surface area (Å²) in [5, 5.41) is 9.58. The van der Waals surface area contributed by atoms with Crippen LogP contribution in [0.5, 0.6) is 0 Å². The first kappa shape index (κ1) is 28.6. The van der Waals surface area contributed by atoms with E-state index in [9.17, 15) is 28.0 Å². The maximum absolute atomic E-state index is 12.9. The molecule has 0 saturated heterocycles. The average molecular weight is 612 g/mol.